The fraction of sp³-hybridized carbons (Fsp3) is 0.692. The number of aromatic nitrogens is 2. The van der Waals surface area contributed by atoms with Gasteiger partial charge in [-0.05, 0) is 20.3 Å². The van der Waals surface area contributed by atoms with E-state index in [0.29, 0.717) is 11.8 Å². The summed E-state index contributed by atoms with van der Waals surface area (Å²) in [5.74, 6) is 1.51. The molecule has 1 fully saturated rings. The standard InChI is InChI=1S/C13H22N4O/c1-11(2)16-5-4-6-17(8-7-16)13-14-9-12(18-3)10-15-13/h9-11H,4-8H2,1-3H3. The van der Waals surface area contributed by atoms with Gasteiger partial charge in [-0.25, -0.2) is 9.97 Å². The van der Waals surface area contributed by atoms with Crippen molar-refractivity contribution in [1.29, 1.82) is 0 Å². The third kappa shape index (κ3) is 3.10. The maximum atomic E-state index is 5.08. The number of ether oxygens (including phenoxy) is 1. The van der Waals surface area contributed by atoms with Gasteiger partial charge in [0.2, 0.25) is 5.95 Å². The Morgan fingerprint density at radius 2 is 1.83 bits per heavy atom. The first-order chi connectivity index (χ1) is 8.70. The first-order valence-electron chi connectivity index (χ1n) is 6.55. The molecule has 0 spiro atoms. The van der Waals surface area contributed by atoms with E-state index < -0.39 is 0 Å². The van der Waals surface area contributed by atoms with Crippen LogP contribution in [-0.2, 0) is 0 Å². The topological polar surface area (TPSA) is 41.5 Å². The fourth-order valence-corrected chi connectivity index (χ4v) is 2.23. The maximum Gasteiger partial charge on any atom is 0.225 e. The van der Waals surface area contributed by atoms with Gasteiger partial charge in [0, 0.05) is 32.2 Å². The second-order valence-electron chi connectivity index (χ2n) is 4.89. The summed E-state index contributed by atoms with van der Waals surface area (Å²) in [5.41, 5.74) is 0. The first kappa shape index (κ1) is 13.1. The summed E-state index contributed by atoms with van der Waals surface area (Å²) in [7, 11) is 1.63. The van der Waals surface area contributed by atoms with Crippen molar-refractivity contribution < 1.29 is 4.74 Å². The third-order valence-electron chi connectivity index (χ3n) is 3.39. The van der Waals surface area contributed by atoms with Crippen LogP contribution in [0.5, 0.6) is 5.75 Å². The van der Waals surface area contributed by atoms with Crippen LogP contribution in [0.1, 0.15) is 20.3 Å². The summed E-state index contributed by atoms with van der Waals surface area (Å²) in [6.07, 6.45) is 4.62. The van der Waals surface area contributed by atoms with Crippen LogP contribution in [0.2, 0.25) is 0 Å². The van der Waals surface area contributed by atoms with Crippen molar-refractivity contribution in [2.75, 3.05) is 38.2 Å². The lowest BCUT2D eigenvalue weighted by Crippen LogP contribution is -2.35. The second kappa shape index (κ2) is 6.00. The molecule has 0 radical (unpaired) electrons. The highest BCUT2D eigenvalue weighted by molar-refractivity contribution is 5.31. The van der Waals surface area contributed by atoms with E-state index in [1.54, 1.807) is 19.5 Å². The highest BCUT2D eigenvalue weighted by atomic mass is 16.5. The Balaban J connectivity index is 2.00. The molecular weight excluding hydrogens is 228 g/mol. The Bertz CT molecular complexity index is 366. The van der Waals surface area contributed by atoms with Gasteiger partial charge in [0.05, 0.1) is 19.5 Å². The van der Waals surface area contributed by atoms with Crippen molar-refractivity contribution in [2.24, 2.45) is 0 Å². The number of hydrogen-bond donors (Lipinski definition) is 0. The molecule has 0 amide bonds. The zero-order chi connectivity index (χ0) is 13.0. The van der Waals surface area contributed by atoms with Gasteiger partial charge in [-0.1, -0.05) is 0 Å². The van der Waals surface area contributed by atoms with E-state index in [4.69, 9.17) is 4.74 Å². The number of nitrogens with zero attached hydrogens (tertiary/aromatic N) is 4. The normalized spacial score (nSPS) is 17.9. The average Bonchev–Trinajstić information content (AvgIpc) is 2.64. The number of methoxy groups -OCH3 is 1. The maximum absolute atomic E-state index is 5.08. The molecular formula is C13H22N4O. The fourth-order valence-electron chi connectivity index (χ4n) is 2.23. The number of hydrogen-bond acceptors (Lipinski definition) is 5. The van der Waals surface area contributed by atoms with Crippen molar-refractivity contribution in [3.63, 3.8) is 0 Å². The molecule has 1 aromatic heterocycles. The lowest BCUT2D eigenvalue weighted by atomic mass is 10.3. The molecule has 1 saturated heterocycles. The van der Waals surface area contributed by atoms with E-state index in [9.17, 15) is 0 Å². The van der Waals surface area contributed by atoms with Crippen LogP contribution in [0.25, 0.3) is 0 Å². The zero-order valence-corrected chi connectivity index (χ0v) is 11.5. The zero-order valence-electron chi connectivity index (χ0n) is 11.5. The summed E-state index contributed by atoms with van der Waals surface area (Å²) in [4.78, 5) is 13.5. The number of rotatable bonds is 3. The van der Waals surface area contributed by atoms with Crippen LogP contribution in [0.15, 0.2) is 12.4 Å². The first-order valence-corrected chi connectivity index (χ1v) is 6.55. The van der Waals surface area contributed by atoms with Crippen molar-refractivity contribution >= 4 is 5.95 Å². The summed E-state index contributed by atoms with van der Waals surface area (Å²) in [6.45, 7) is 8.75. The molecule has 0 aliphatic carbocycles. The smallest absolute Gasteiger partial charge is 0.225 e. The molecule has 5 nitrogen and oxygen atoms in total. The second-order valence-corrected chi connectivity index (χ2v) is 4.89. The molecule has 2 rings (SSSR count). The monoisotopic (exact) mass is 250 g/mol. The lowest BCUT2D eigenvalue weighted by molar-refractivity contribution is 0.238. The largest absolute Gasteiger partial charge is 0.494 e. The predicted molar refractivity (Wildman–Crippen MR) is 72.1 cm³/mol. The molecule has 100 valence electrons. The van der Waals surface area contributed by atoms with Gasteiger partial charge >= 0.3 is 0 Å². The van der Waals surface area contributed by atoms with Gasteiger partial charge in [0.1, 0.15) is 0 Å². The van der Waals surface area contributed by atoms with Crippen LogP contribution in [-0.4, -0.2) is 54.2 Å². The van der Waals surface area contributed by atoms with Crippen LogP contribution < -0.4 is 9.64 Å². The van der Waals surface area contributed by atoms with Crippen molar-refractivity contribution in [3.8, 4) is 5.75 Å². The Kier molecular flexibility index (Phi) is 4.36. The van der Waals surface area contributed by atoms with Gasteiger partial charge < -0.3 is 9.64 Å². The minimum absolute atomic E-state index is 0.613. The van der Waals surface area contributed by atoms with Crippen LogP contribution in [0.4, 0.5) is 5.95 Å². The molecule has 1 aromatic rings. The van der Waals surface area contributed by atoms with E-state index >= 15 is 0 Å². The summed E-state index contributed by atoms with van der Waals surface area (Å²) >= 11 is 0. The van der Waals surface area contributed by atoms with E-state index in [2.05, 4.69) is 33.6 Å². The van der Waals surface area contributed by atoms with E-state index in [-0.39, 0.29) is 0 Å². The molecule has 0 atom stereocenters. The minimum atomic E-state index is 0.613. The number of anilines is 1. The van der Waals surface area contributed by atoms with E-state index in [1.807, 2.05) is 0 Å². The van der Waals surface area contributed by atoms with Crippen LogP contribution in [0, 0.1) is 0 Å². The Labute approximate surface area is 109 Å². The average molecular weight is 250 g/mol. The quantitative estimate of drug-likeness (QED) is 0.811. The molecule has 1 aliphatic rings. The van der Waals surface area contributed by atoms with Crippen molar-refractivity contribution in [2.45, 2.75) is 26.3 Å². The van der Waals surface area contributed by atoms with Crippen molar-refractivity contribution in [1.82, 2.24) is 14.9 Å². The SMILES string of the molecule is COc1cnc(N2CCCN(C(C)C)CC2)nc1. The highest BCUT2D eigenvalue weighted by Crippen LogP contribution is 2.14. The summed E-state index contributed by atoms with van der Waals surface area (Å²) in [5, 5.41) is 0. The van der Waals surface area contributed by atoms with Gasteiger partial charge in [-0.3, -0.25) is 4.90 Å². The molecule has 5 heteroatoms. The molecule has 0 unspecified atom stereocenters. The Morgan fingerprint density at radius 3 is 2.44 bits per heavy atom. The molecule has 0 aromatic carbocycles. The van der Waals surface area contributed by atoms with Crippen LogP contribution in [0.3, 0.4) is 0 Å². The van der Waals surface area contributed by atoms with Crippen molar-refractivity contribution in [3.05, 3.63) is 12.4 Å². The highest BCUT2D eigenvalue weighted by Gasteiger charge is 2.18. The molecule has 0 bridgehead atoms. The molecule has 2 heterocycles. The van der Waals surface area contributed by atoms with Gasteiger partial charge in [0.25, 0.3) is 0 Å². The molecule has 0 saturated carbocycles. The van der Waals surface area contributed by atoms with E-state index in [1.165, 1.54) is 0 Å². The van der Waals surface area contributed by atoms with E-state index in [0.717, 1.165) is 38.5 Å². The summed E-state index contributed by atoms with van der Waals surface area (Å²) in [6, 6.07) is 0.613. The summed E-state index contributed by atoms with van der Waals surface area (Å²) < 4.78 is 5.08. The third-order valence-corrected chi connectivity index (χ3v) is 3.39. The Hall–Kier alpha value is -1.36. The predicted octanol–water partition coefficient (Wildman–Crippen LogP) is 1.41. The van der Waals surface area contributed by atoms with Crippen LogP contribution >= 0.6 is 0 Å². The van der Waals surface area contributed by atoms with Gasteiger partial charge in [-0.2, -0.15) is 0 Å². The lowest BCUT2D eigenvalue weighted by Gasteiger charge is -2.24. The Morgan fingerprint density at radius 1 is 1.11 bits per heavy atom. The molecule has 0 N–H and O–H groups in total. The molecule has 1 aliphatic heterocycles. The molecule has 18 heavy (non-hydrogen) atoms. The minimum Gasteiger partial charge on any atom is -0.494 e. The van der Waals surface area contributed by atoms with Gasteiger partial charge in [0.15, 0.2) is 5.75 Å². The van der Waals surface area contributed by atoms with Gasteiger partial charge in [-0.15, -0.1) is 0 Å².